The highest BCUT2D eigenvalue weighted by atomic mass is 19.4. The van der Waals surface area contributed by atoms with E-state index in [0.29, 0.717) is 5.56 Å². The van der Waals surface area contributed by atoms with Crippen LogP contribution in [0.15, 0.2) is 18.2 Å². The highest BCUT2D eigenvalue weighted by molar-refractivity contribution is 5.96. The van der Waals surface area contributed by atoms with Gasteiger partial charge in [-0.25, -0.2) is 0 Å². The minimum atomic E-state index is -4.30. The highest BCUT2D eigenvalue weighted by Gasteiger charge is 2.28. The standard InChI is InChI=1S/C15H16F3NO2/c1-11-5-6-12(4-3-9-20)13(10-11)14(21)19(2)8-7-15(16,17)18/h5-6,10,20H,7-9H2,1-2H3. The van der Waals surface area contributed by atoms with Crippen LogP contribution >= 0.6 is 0 Å². The smallest absolute Gasteiger partial charge is 0.384 e. The van der Waals surface area contributed by atoms with Crippen LogP contribution in [0.2, 0.25) is 0 Å². The molecule has 0 aliphatic rings. The molecule has 1 aromatic rings. The molecule has 0 spiro atoms. The van der Waals surface area contributed by atoms with Gasteiger partial charge in [-0.15, -0.1) is 0 Å². The lowest BCUT2D eigenvalue weighted by Gasteiger charge is -2.19. The Morgan fingerprint density at radius 2 is 2.05 bits per heavy atom. The first-order chi connectivity index (χ1) is 9.74. The van der Waals surface area contributed by atoms with Crippen molar-refractivity contribution in [1.29, 1.82) is 0 Å². The van der Waals surface area contributed by atoms with Gasteiger partial charge in [0, 0.05) is 19.2 Å². The van der Waals surface area contributed by atoms with Gasteiger partial charge in [-0.1, -0.05) is 23.5 Å². The highest BCUT2D eigenvalue weighted by Crippen LogP contribution is 2.20. The lowest BCUT2D eigenvalue weighted by molar-refractivity contribution is -0.136. The maximum absolute atomic E-state index is 12.2. The van der Waals surface area contributed by atoms with Gasteiger partial charge in [0.25, 0.3) is 5.91 Å². The van der Waals surface area contributed by atoms with Crippen molar-refractivity contribution >= 4 is 5.91 Å². The van der Waals surface area contributed by atoms with Gasteiger partial charge >= 0.3 is 6.18 Å². The Morgan fingerprint density at radius 1 is 1.38 bits per heavy atom. The number of carbonyl (C=O) groups excluding carboxylic acids is 1. The molecule has 1 aromatic carbocycles. The summed E-state index contributed by atoms with van der Waals surface area (Å²) >= 11 is 0. The van der Waals surface area contributed by atoms with Gasteiger partial charge in [0.2, 0.25) is 0 Å². The van der Waals surface area contributed by atoms with Crippen molar-refractivity contribution in [3.63, 3.8) is 0 Å². The average molecular weight is 299 g/mol. The van der Waals surface area contributed by atoms with Gasteiger partial charge in [-0.3, -0.25) is 4.79 Å². The third-order valence-electron chi connectivity index (χ3n) is 2.78. The number of carbonyl (C=O) groups is 1. The fraction of sp³-hybridized carbons (Fsp3) is 0.400. The molecule has 0 aliphatic heterocycles. The fourth-order valence-corrected chi connectivity index (χ4v) is 1.68. The van der Waals surface area contributed by atoms with E-state index in [4.69, 9.17) is 5.11 Å². The zero-order valence-electron chi connectivity index (χ0n) is 11.8. The molecule has 0 fully saturated rings. The van der Waals surface area contributed by atoms with Crippen LogP contribution in [-0.4, -0.2) is 42.3 Å². The molecule has 0 radical (unpaired) electrons. The molecular formula is C15H16F3NO2. The minimum Gasteiger partial charge on any atom is -0.384 e. The number of alkyl halides is 3. The van der Waals surface area contributed by atoms with E-state index in [9.17, 15) is 18.0 Å². The summed E-state index contributed by atoms with van der Waals surface area (Å²) in [6.45, 7) is 1.00. The largest absolute Gasteiger partial charge is 0.390 e. The number of benzene rings is 1. The van der Waals surface area contributed by atoms with Crippen LogP contribution in [0, 0.1) is 18.8 Å². The van der Waals surface area contributed by atoms with E-state index < -0.39 is 25.0 Å². The summed E-state index contributed by atoms with van der Waals surface area (Å²) in [6, 6.07) is 4.94. The lowest BCUT2D eigenvalue weighted by Crippen LogP contribution is -2.31. The minimum absolute atomic E-state index is 0.237. The van der Waals surface area contributed by atoms with Crippen molar-refractivity contribution in [2.45, 2.75) is 19.5 Å². The zero-order valence-corrected chi connectivity index (χ0v) is 11.8. The van der Waals surface area contributed by atoms with Gasteiger partial charge < -0.3 is 10.0 Å². The SMILES string of the molecule is Cc1ccc(C#CCO)c(C(=O)N(C)CCC(F)(F)F)c1. The molecule has 0 atom stereocenters. The van der Waals surface area contributed by atoms with E-state index >= 15 is 0 Å². The van der Waals surface area contributed by atoms with Crippen molar-refractivity contribution < 1.29 is 23.1 Å². The van der Waals surface area contributed by atoms with Gasteiger partial charge in [-0.2, -0.15) is 13.2 Å². The topological polar surface area (TPSA) is 40.5 Å². The van der Waals surface area contributed by atoms with Crippen molar-refractivity contribution in [2.75, 3.05) is 20.2 Å². The van der Waals surface area contributed by atoms with E-state index in [2.05, 4.69) is 11.8 Å². The Labute approximate surface area is 121 Å². The number of aliphatic hydroxyl groups is 1. The predicted molar refractivity (Wildman–Crippen MR) is 72.8 cm³/mol. The molecule has 0 unspecified atom stereocenters. The molecule has 0 aromatic heterocycles. The first kappa shape index (κ1) is 17.1. The Balaban J connectivity index is 2.97. The molecule has 21 heavy (non-hydrogen) atoms. The van der Waals surface area contributed by atoms with Crippen LogP contribution < -0.4 is 0 Å². The Bertz CT molecular complexity index is 571. The molecule has 0 heterocycles. The summed E-state index contributed by atoms with van der Waals surface area (Å²) in [5.41, 5.74) is 1.43. The quantitative estimate of drug-likeness (QED) is 0.871. The summed E-state index contributed by atoms with van der Waals surface area (Å²) < 4.78 is 36.6. The zero-order chi connectivity index (χ0) is 16.0. The number of aryl methyl sites for hydroxylation is 1. The second-order valence-corrected chi connectivity index (χ2v) is 4.60. The van der Waals surface area contributed by atoms with E-state index in [1.807, 2.05) is 0 Å². The van der Waals surface area contributed by atoms with Crippen LogP contribution in [-0.2, 0) is 0 Å². The summed E-state index contributed by atoms with van der Waals surface area (Å²) in [6.07, 6.45) is -5.36. The van der Waals surface area contributed by atoms with E-state index in [1.165, 1.54) is 7.05 Å². The molecular weight excluding hydrogens is 283 g/mol. The first-order valence-corrected chi connectivity index (χ1v) is 6.27. The Kier molecular flexibility index (Phi) is 5.79. The number of halogens is 3. The molecule has 0 aliphatic carbocycles. The number of hydrogen-bond donors (Lipinski definition) is 1. The van der Waals surface area contributed by atoms with Crippen molar-refractivity contribution in [3.05, 3.63) is 34.9 Å². The Hall–Kier alpha value is -2.00. The second kappa shape index (κ2) is 7.14. The first-order valence-electron chi connectivity index (χ1n) is 6.27. The Morgan fingerprint density at radius 3 is 2.62 bits per heavy atom. The van der Waals surface area contributed by atoms with Gasteiger partial charge in [0.1, 0.15) is 6.61 Å². The van der Waals surface area contributed by atoms with Crippen LogP contribution in [0.5, 0.6) is 0 Å². The van der Waals surface area contributed by atoms with Crippen LogP contribution in [0.3, 0.4) is 0 Å². The number of aliphatic hydroxyl groups excluding tert-OH is 1. The van der Waals surface area contributed by atoms with Crippen molar-refractivity contribution in [3.8, 4) is 11.8 Å². The molecule has 1 amide bonds. The summed E-state index contributed by atoms with van der Waals surface area (Å²) in [4.78, 5) is 13.2. The fourth-order valence-electron chi connectivity index (χ4n) is 1.68. The molecule has 0 saturated heterocycles. The normalized spacial score (nSPS) is 10.8. The average Bonchev–Trinajstić information content (AvgIpc) is 2.41. The molecule has 0 bridgehead atoms. The number of amides is 1. The van der Waals surface area contributed by atoms with Crippen molar-refractivity contribution in [2.24, 2.45) is 0 Å². The van der Waals surface area contributed by atoms with Crippen molar-refractivity contribution in [1.82, 2.24) is 4.90 Å². The van der Waals surface area contributed by atoms with Crippen LogP contribution in [0.1, 0.15) is 27.9 Å². The molecule has 1 rings (SSSR count). The third kappa shape index (κ3) is 5.48. The summed E-state index contributed by atoms with van der Waals surface area (Å²) in [5.74, 6) is 4.53. The van der Waals surface area contributed by atoms with Gasteiger partial charge in [0.05, 0.1) is 12.0 Å². The van der Waals surface area contributed by atoms with Gasteiger partial charge in [-0.05, 0) is 19.1 Å². The monoisotopic (exact) mass is 299 g/mol. The van der Waals surface area contributed by atoms with Crippen LogP contribution in [0.4, 0.5) is 13.2 Å². The maximum atomic E-state index is 12.2. The van der Waals surface area contributed by atoms with E-state index in [1.54, 1.807) is 25.1 Å². The summed E-state index contributed by atoms with van der Waals surface area (Å²) in [7, 11) is 1.32. The molecule has 1 N–H and O–H groups in total. The number of rotatable bonds is 3. The second-order valence-electron chi connectivity index (χ2n) is 4.60. The molecule has 114 valence electrons. The molecule has 3 nitrogen and oxygen atoms in total. The van der Waals surface area contributed by atoms with Crippen LogP contribution in [0.25, 0.3) is 0 Å². The molecule has 6 heteroatoms. The molecule has 0 saturated carbocycles. The number of nitrogens with zero attached hydrogens (tertiary/aromatic N) is 1. The lowest BCUT2D eigenvalue weighted by atomic mass is 10.0. The summed E-state index contributed by atoms with van der Waals surface area (Å²) in [5, 5.41) is 8.70. The maximum Gasteiger partial charge on any atom is 0.390 e. The predicted octanol–water partition coefficient (Wildman–Crippen LogP) is 2.36. The van der Waals surface area contributed by atoms with Gasteiger partial charge in [0.15, 0.2) is 0 Å². The van der Waals surface area contributed by atoms with E-state index in [0.717, 1.165) is 10.5 Å². The third-order valence-corrected chi connectivity index (χ3v) is 2.78. The number of hydrogen-bond acceptors (Lipinski definition) is 2. The van der Waals surface area contributed by atoms with E-state index in [-0.39, 0.29) is 12.2 Å².